The van der Waals surface area contributed by atoms with E-state index in [1.54, 1.807) is 7.11 Å². The van der Waals surface area contributed by atoms with Gasteiger partial charge in [0, 0.05) is 0 Å². The van der Waals surface area contributed by atoms with Crippen molar-refractivity contribution in [2.24, 2.45) is 5.92 Å². The van der Waals surface area contributed by atoms with Crippen LogP contribution in [0.3, 0.4) is 0 Å². The van der Waals surface area contributed by atoms with Gasteiger partial charge in [0.15, 0.2) is 0 Å². The highest BCUT2D eigenvalue weighted by atomic mass is 16.5. The van der Waals surface area contributed by atoms with E-state index in [1.165, 1.54) is 19.3 Å². The van der Waals surface area contributed by atoms with E-state index in [4.69, 9.17) is 4.74 Å². The van der Waals surface area contributed by atoms with E-state index in [1.807, 2.05) is 31.2 Å². The van der Waals surface area contributed by atoms with Crippen molar-refractivity contribution in [1.29, 1.82) is 0 Å². The summed E-state index contributed by atoms with van der Waals surface area (Å²) < 4.78 is 5.22. The molecule has 0 saturated carbocycles. The van der Waals surface area contributed by atoms with Crippen molar-refractivity contribution in [2.75, 3.05) is 7.11 Å². The predicted octanol–water partition coefficient (Wildman–Crippen LogP) is 4.64. The Morgan fingerprint density at radius 2 is 2.10 bits per heavy atom. The molecule has 3 nitrogen and oxygen atoms in total. The van der Waals surface area contributed by atoms with Crippen LogP contribution in [0.2, 0.25) is 0 Å². The van der Waals surface area contributed by atoms with E-state index < -0.39 is 11.4 Å². The van der Waals surface area contributed by atoms with Gasteiger partial charge in [-0.25, -0.2) is 0 Å². The molecule has 3 heteroatoms. The van der Waals surface area contributed by atoms with Crippen molar-refractivity contribution in [3.05, 3.63) is 29.8 Å². The minimum Gasteiger partial charge on any atom is -0.497 e. The lowest BCUT2D eigenvalue weighted by molar-refractivity contribution is -0.143. The summed E-state index contributed by atoms with van der Waals surface area (Å²) in [6.07, 6.45) is 5.16. The summed E-state index contributed by atoms with van der Waals surface area (Å²) in [4.78, 5) is 11.8. The molecule has 1 rings (SSSR count). The Bertz CT molecular complexity index is 456. The zero-order chi connectivity index (χ0) is 15.9. The van der Waals surface area contributed by atoms with Crippen LogP contribution in [0.4, 0.5) is 0 Å². The highest BCUT2D eigenvalue weighted by molar-refractivity contribution is 5.81. The zero-order valence-electron chi connectivity index (χ0n) is 13.7. The van der Waals surface area contributed by atoms with Crippen LogP contribution in [0.5, 0.6) is 5.75 Å². The van der Waals surface area contributed by atoms with Gasteiger partial charge < -0.3 is 9.84 Å². The molecule has 0 heterocycles. The minimum absolute atomic E-state index is 0.564. The second-order valence-corrected chi connectivity index (χ2v) is 6.16. The molecule has 2 unspecified atom stereocenters. The lowest BCUT2D eigenvalue weighted by Gasteiger charge is -2.27. The third-order valence-corrected chi connectivity index (χ3v) is 4.37. The van der Waals surface area contributed by atoms with Crippen molar-refractivity contribution >= 4 is 5.97 Å². The number of unbranched alkanes of at least 4 members (excludes halogenated alkanes) is 1. The molecule has 0 aliphatic heterocycles. The fourth-order valence-electron chi connectivity index (χ4n) is 2.57. The molecule has 0 amide bonds. The molecule has 0 aliphatic rings. The van der Waals surface area contributed by atoms with Gasteiger partial charge in [-0.1, -0.05) is 45.2 Å². The molecule has 118 valence electrons. The number of hydrogen-bond acceptors (Lipinski definition) is 2. The SMILES string of the molecule is CCCCC(C)CCC(C)(C(=O)O)c1cccc(OC)c1. The Morgan fingerprint density at radius 3 is 2.67 bits per heavy atom. The van der Waals surface area contributed by atoms with Crippen LogP contribution >= 0.6 is 0 Å². The Labute approximate surface area is 128 Å². The fourth-order valence-corrected chi connectivity index (χ4v) is 2.57. The second-order valence-electron chi connectivity index (χ2n) is 6.16. The van der Waals surface area contributed by atoms with Crippen molar-refractivity contribution in [2.45, 2.75) is 58.3 Å². The molecule has 0 radical (unpaired) electrons. The molecule has 0 spiro atoms. The van der Waals surface area contributed by atoms with E-state index in [2.05, 4.69) is 13.8 Å². The number of carboxylic acid groups (broad SMARTS) is 1. The summed E-state index contributed by atoms with van der Waals surface area (Å²) >= 11 is 0. The lowest BCUT2D eigenvalue weighted by Crippen LogP contribution is -2.33. The summed E-state index contributed by atoms with van der Waals surface area (Å²) in [5, 5.41) is 9.70. The van der Waals surface area contributed by atoms with Gasteiger partial charge in [0.2, 0.25) is 0 Å². The quantitative estimate of drug-likeness (QED) is 0.721. The maximum absolute atomic E-state index is 11.8. The molecule has 1 aromatic carbocycles. The number of rotatable bonds is 9. The number of hydrogen-bond donors (Lipinski definition) is 1. The van der Waals surface area contributed by atoms with Crippen LogP contribution < -0.4 is 4.74 Å². The highest BCUT2D eigenvalue weighted by Gasteiger charge is 2.35. The molecule has 0 aromatic heterocycles. The lowest BCUT2D eigenvalue weighted by atomic mass is 9.76. The Morgan fingerprint density at radius 1 is 1.38 bits per heavy atom. The first-order valence-electron chi connectivity index (χ1n) is 7.82. The summed E-state index contributed by atoms with van der Waals surface area (Å²) in [6, 6.07) is 7.42. The molecule has 0 bridgehead atoms. The minimum atomic E-state index is -0.852. The number of methoxy groups -OCH3 is 1. The smallest absolute Gasteiger partial charge is 0.313 e. The highest BCUT2D eigenvalue weighted by Crippen LogP contribution is 2.33. The monoisotopic (exact) mass is 292 g/mol. The van der Waals surface area contributed by atoms with Crippen molar-refractivity contribution in [3.8, 4) is 5.75 Å². The summed E-state index contributed by atoms with van der Waals surface area (Å²) in [7, 11) is 1.60. The summed E-state index contributed by atoms with van der Waals surface area (Å²) in [5.41, 5.74) is -0.0355. The van der Waals surface area contributed by atoms with Crippen molar-refractivity contribution in [1.82, 2.24) is 0 Å². The predicted molar refractivity (Wildman–Crippen MR) is 85.9 cm³/mol. The third kappa shape index (κ3) is 4.76. The van der Waals surface area contributed by atoms with Gasteiger partial charge in [-0.05, 0) is 43.4 Å². The second kappa shape index (κ2) is 8.06. The van der Waals surface area contributed by atoms with Crippen LogP contribution in [-0.2, 0) is 10.2 Å². The first-order chi connectivity index (χ1) is 9.93. The zero-order valence-corrected chi connectivity index (χ0v) is 13.7. The number of benzene rings is 1. The Kier molecular flexibility index (Phi) is 6.73. The Balaban J connectivity index is 2.85. The maximum Gasteiger partial charge on any atom is 0.313 e. The molecule has 0 saturated heterocycles. The van der Waals surface area contributed by atoms with Crippen LogP contribution in [0, 0.1) is 5.92 Å². The van der Waals surface area contributed by atoms with E-state index >= 15 is 0 Å². The number of carbonyl (C=O) groups is 1. The third-order valence-electron chi connectivity index (χ3n) is 4.37. The largest absolute Gasteiger partial charge is 0.497 e. The van der Waals surface area contributed by atoms with Gasteiger partial charge in [0.25, 0.3) is 0 Å². The van der Waals surface area contributed by atoms with E-state index in [-0.39, 0.29) is 0 Å². The van der Waals surface area contributed by atoms with Crippen LogP contribution in [0.1, 0.15) is 58.4 Å². The van der Waals surface area contributed by atoms with Crippen LogP contribution in [-0.4, -0.2) is 18.2 Å². The summed E-state index contributed by atoms with van der Waals surface area (Å²) in [6.45, 7) is 6.21. The van der Waals surface area contributed by atoms with Gasteiger partial charge in [0.1, 0.15) is 5.75 Å². The molecule has 21 heavy (non-hydrogen) atoms. The standard InChI is InChI=1S/C18H28O3/c1-5-6-8-14(2)11-12-18(3,17(19)20)15-9-7-10-16(13-15)21-4/h7,9-10,13-14H,5-6,8,11-12H2,1-4H3,(H,19,20). The van der Waals surface area contributed by atoms with Crippen molar-refractivity contribution < 1.29 is 14.6 Å². The molecule has 1 aromatic rings. The fraction of sp³-hybridized carbons (Fsp3) is 0.611. The number of aliphatic carboxylic acids is 1. The molecular weight excluding hydrogens is 264 g/mol. The van der Waals surface area contributed by atoms with Gasteiger partial charge in [-0.15, -0.1) is 0 Å². The van der Waals surface area contributed by atoms with Gasteiger partial charge >= 0.3 is 5.97 Å². The van der Waals surface area contributed by atoms with Gasteiger partial charge in [0.05, 0.1) is 12.5 Å². The van der Waals surface area contributed by atoms with Crippen LogP contribution in [0.15, 0.2) is 24.3 Å². The molecule has 0 fully saturated rings. The molecule has 0 aliphatic carbocycles. The van der Waals surface area contributed by atoms with Gasteiger partial charge in [-0.2, -0.15) is 0 Å². The number of carboxylic acids is 1. The number of ether oxygens (including phenoxy) is 1. The molecule has 1 N–H and O–H groups in total. The maximum atomic E-state index is 11.8. The normalized spacial score (nSPS) is 15.2. The Hall–Kier alpha value is -1.51. The van der Waals surface area contributed by atoms with E-state index in [9.17, 15) is 9.90 Å². The average molecular weight is 292 g/mol. The van der Waals surface area contributed by atoms with E-state index in [0.29, 0.717) is 18.1 Å². The first kappa shape index (κ1) is 17.5. The molecular formula is C18H28O3. The van der Waals surface area contributed by atoms with Crippen molar-refractivity contribution in [3.63, 3.8) is 0 Å². The van der Waals surface area contributed by atoms with Gasteiger partial charge in [-0.3, -0.25) is 4.79 Å². The molecule has 2 atom stereocenters. The summed E-state index contributed by atoms with van der Waals surface area (Å²) in [5.74, 6) is 0.506. The topological polar surface area (TPSA) is 46.5 Å². The first-order valence-corrected chi connectivity index (χ1v) is 7.82. The van der Waals surface area contributed by atoms with E-state index in [0.717, 1.165) is 12.0 Å². The average Bonchev–Trinajstić information content (AvgIpc) is 2.50. The van der Waals surface area contributed by atoms with Crippen LogP contribution in [0.25, 0.3) is 0 Å².